The molecule has 0 spiro atoms. The third-order valence-corrected chi connectivity index (χ3v) is 6.62. The van der Waals surface area contributed by atoms with Crippen molar-refractivity contribution in [3.05, 3.63) is 131 Å². The molecule has 1 nitrogen and oxygen atoms in total. The van der Waals surface area contributed by atoms with Gasteiger partial charge in [-0.15, -0.1) is 0 Å². The topological polar surface area (TPSA) is 9.23 Å². The Morgan fingerprint density at radius 3 is 1.98 bits per heavy atom. The van der Waals surface area contributed by atoms with E-state index in [1.165, 1.54) is 54.5 Å². The van der Waals surface area contributed by atoms with Gasteiger partial charge in [-0.3, -0.25) is 0 Å². The highest BCUT2D eigenvalue weighted by molar-refractivity contribution is 5.89. The Morgan fingerprint density at radius 2 is 1.34 bits per heavy atom. The van der Waals surface area contributed by atoms with E-state index in [1.807, 2.05) is 0 Å². The summed E-state index contributed by atoms with van der Waals surface area (Å²) in [6.07, 6.45) is -3.53. The molecule has 0 N–H and O–H groups in total. The van der Waals surface area contributed by atoms with Gasteiger partial charge in [-0.2, -0.15) is 13.2 Å². The molecule has 0 radical (unpaired) electrons. The standard InChI is InChI=1S/C34H17F9O/c1-2-18-3-6-24(27(35)11-18)22-15-30(38)33(31(39)16-22)44-17-19-4-7-23(28(36)12-19)20-5-8-25-21(13-20)14-29(37)26(32(25)40)9-10-34(41,42)43/h2-8,11-16H,1,17H2. The van der Waals surface area contributed by atoms with Crippen LogP contribution in [0.5, 0.6) is 5.75 Å². The maximum absolute atomic E-state index is 15.1. The lowest BCUT2D eigenvalue weighted by Crippen LogP contribution is -2.02. The molecule has 0 saturated heterocycles. The molecule has 0 unspecified atom stereocenters. The first-order chi connectivity index (χ1) is 20.8. The summed E-state index contributed by atoms with van der Waals surface area (Å²) in [7, 11) is 0. The van der Waals surface area contributed by atoms with Crippen molar-refractivity contribution in [1.29, 1.82) is 0 Å². The van der Waals surface area contributed by atoms with Crippen LogP contribution in [0.2, 0.25) is 0 Å². The molecule has 0 bridgehead atoms. The van der Waals surface area contributed by atoms with E-state index in [1.54, 1.807) is 0 Å². The van der Waals surface area contributed by atoms with Crippen molar-refractivity contribution in [2.45, 2.75) is 12.8 Å². The van der Waals surface area contributed by atoms with Crippen molar-refractivity contribution in [2.75, 3.05) is 0 Å². The molecule has 0 aliphatic rings. The Morgan fingerprint density at radius 1 is 0.682 bits per heavy atom. The van der Waals surface area contributed by atoms with Crippen LogP contribution in [0.25, 0.3) is 39.1 Å². The minimum Gasteiger partial charge on any atom is -0.483 e. The quantitative estimate of drug-likeness (QED) is 0.137. The van der Waals surface area contributed by atoms with Gasteiger partial charge in [-0.25, -0.2) is 26.3 Å². The molecular weight excluding hydrogens is 595 g/mol. The minimum absolute atomic E-state index is 0.00335. The lowest BCUT2D eigenvalue weighted by atomic mass is 9.98. The largest absolute Gasteiger partial charge is 0.483 e. The fourth-order valence-corrected chi connectivity index (χ4v) is 4.53. The fourth-order valence-electron chi connectivity index (χ4n) is 4.53. The van der Waals surface area contributed by atoms with Gasteiger partial charge in [-0.1, -0.05) is 55.0 Å². The van der Waals surface area contributed by atoms with E-state index in [-0.39, 0.29) is 38.6 Å². The van der Waals surface area contributed by atoms with Crippen LogP contribution in [0.15, 0.2) is 79.4 Å². The van der Waals surface area contributed by atoms with Crippen LogP contribution in [0.4, 0.5) is 39.5 Å². The Balaban J connectivity index is 1.36. The van der Waals surface area contributed by atoms with Crippen molar-refractivity contribution >= 4 is 16.8 Å². The van der Waals surface area contributed by atoms with Crippen LogP contribution in [-0.4, -0.2) is 6.18 Å². The number of fused-ring (bicyclic) bond motifs is 1. The van der Waals surface area contributed by atoms with Crippen molar-refractivity contribution in [1.82, 2.24) is 0 Å². The molecule has 44 heavy (non-hydrogen) atoms. The zero-order valence-electron chi connectivity index (χ0n) is 22.2. The van der Waals surface area contributed by atoms with Gasteiger partial charge in [0.1, 0.15) is 29.9 Å². The Labute approximate surface area is 244 Å². The van der Waals surface area contributed by atoms with Gasteiger partial charge in [0.15, 0.2) is 17.4 Å². The average molecular weight is 612 g/mol. The van der Waals surface area contributed by atoms with Crippen LogP contribution in [-0.2, 0) is 6.61 Å². The van der Waals surface area contributed by atoms with E-state index in [4.69, 9.17) is 4.74 Å². The Bertz CT molecular complexity index is 1980. The normalized spacial score (nSPS) is 11.3. The van der Waals surface area contributed by atoms with Gasteiger partial charge < -0.3 is 4.74 Å². The van der Waals surface area contributed by atoms with Gasteiger partial charge in [-0.05, 0) is 64.0 Å². The van der Waals surface area contributed by atoms with Crippen LogP contribution < -0.4 is 4.74 Å². The first kappa shape index (κ1) is 30.3. The molecule has 0 aliphatic carbocycles. The summed E-state index contributed by atoms with van der Waals surface area (Å²) in [6.45, 7) is 3.09. The number of rotatable bonds is 6. The first-order valence-corrected chi connectivity index (χ1v) is 12.7. The lowest BCUT2D eigenvalue weighted by Gasteiger charge is -2.12. The van der Waals surface area contributed by atoms with E-state index in [9.17, 15) is 35.1 Å². The SMILES string of the molecule is C=Cc1ccc(-c2cc(F)c(OCc3ccc(-c4ccc5c(F)c(C#CC(F)(F)F)c(F)cc5c4)c(F)c3)c(F)c2)c(F)c1. The molecule has 5 aromatic rings. The van der Waals surface area contributed by atoms with Crippen molar-refractivity contribution in [2.24, 2.45) is 0 Å². The highest BCUT2D eigenvalue weighted by Gasteiger charge is 2.24. The smallest absolute Gasteiger partial charge is 0.458 e. The zero-order valence-corrected chi connectivity index (χ0v) is 22.2. The number of hydrogen-bond donors (Lipinski definition) is 0. The van der Waals surface area contributed by atoms with Gasteiger partial charge >= 0.3 is 6.18 Å². The zero-order chi connectivity index (χ0) is 31.8. The number of ether oxygens (including phenoxy) is 1. The summed E-state index contributed by atoms with van der Waals surface area (Å²) in [5.74, 6) is -4.78. The van der Waals surface area contributed by atoms with E-state index in [0.717, 1.165) is 36.3 Å². The summed E-state index contributed by atoms with van der Waals surface area (Å²) >= 11 is 0. The Kier molecular flexibility index (Phi) is 8.15. The van der Waals surface area contributed by atoms with Crippen LogP contribution in [0, 0.1) is 46.7 Å². The van der Waals surface area contributed by atoms with Crippen molar-refractivity contribution in [3.63, 3.8) is 0 Å². The van der Waals surface area contributed by atoms with E-state index < -0.39 is 59.0 Å². The molecule has 0 heterocycles. The molecule has 0 saturated carbocycles. The third-order valence-electron chi connectivity index (χ3n) is 6.62. The van der Waals surface area contributed by atoms with Gasteiger partial charge in [0.25, 0.3) is 0 Å². The summed E-state index contributed by atoms with van der Waals surface area (Å²) in [6, 6.07) is 14.1. The highest BCUT2D eigenvalue weighted by atomic mass is 19.4. The van der Waals surface area contributed by atoms with Crippen LogP contribution >= 0.6 is 0 Å². The lowest BCUT2D eigenvalue weighted by molar-refractivity contribution is -0.0696. The van der Waals surface area contributed by atoms with Crippen molar-refractivity contribution < 1.29 is 44.3 Å². The molecule has 0 aromatic heterocycles. The predicted molar refractivity (Wildman–Crippen MR) is 148 cm³/mol. The molecule has 0 fully saturated rings. The minimum atomic E-state index is -4.95. The molecule has 0 aliphatic heterocycles. The van der Waals surface area contributed by atoms with Crippen molar-refractivity contribution in [3.8, 4) is 39.8 Å². The number of hydrogen-bond acceptors (Lipinski definition) is 1. The second-order valence-electron chi connectivity index (χ2n) is 9.55. The summed E-state index contributed by atoms with van der Waals surface area (Å²) in [5.41, 5.74) is -0.272. The Hall–Kier alpha value is -5.17. The second-order valence-corrected chi connectivity index (χ2v) is 9.55. The summed E-state index contributed by atoms with van der Waals surface area (Å²) in [5, 5.41) is -0.272. The maximum atomic E-state index is 15.1. The molecule has 5 rings (SSSR count). The maximum Gasteiger partial charge on any atom is 0.458 e. The van der Waals surface area contributed by atoms with E-state index in [0.29, 0.717) is 5.56 Å². The predicted octanol–water partition coefficient (Wildman–Crippen LogP) is 10.1. The van der Waals surface area contributed by atoms with Gasteiger partial charge in [0.05, 0.1) is 5.56 Å². The van der Waals surface area contributed by atoms with Gasteiger partial charge in [0.2, 0.25) is 0 Å². The monoisotopic (exact) mass is 612 g/mol. The van der Waals surface area contributed by atoms with Crippen LogP contribution in [0.3, 0.4) is 0 Å². The number of benzene rings is 5. The number of alkyl halides is 3. The molecule has 0 amide bonds. The number of halogens is 9. The molecule has 10 heteroatoms. The first-order valence-electron chi connectivity index (χ1n) is 12.7. The van der Waals surface area contributed by atoms with E-state index >= 15 is 4.39 Å². The second kappa shape index (κ2) is 11.8. The molecule has 222 valence electrons. The summed E-state index contributed by atoms with van der Waals surface area (Å²) in [4.78, 5) is 0. The fraction of sp³-hybridized carbons (Fsp3) is 0.0588. The van der Waals surface area contributed by atoms with Crippen LogP contribution in [0.1, 0.15) is 16.7 Å². The molecule has 5 aromatic carbocycles. The molecular formula is C34H17F9O. The van der Waals surface area contributed by atoms with E-state index in [2.05, 4.69) is 6.58 Å². The third kappa shape index (κ3) is 6.27. The highest BCUT2D eigenvalue weighted by Crippen LogP contribution is 2.33. The molecule has 0 atom stereocenters. The summed E-state index contributed by atoms with van der Waals surface area (Å²) < 4.78 is 131. The average Bonchev–Trinajstić information content (AvgIpc) is 2.95. The van der Waals surface area contributed by atoms with Gasteiger partial charge in [0, 0.05) is 22.4 Å².